The van der Waals surface area contributed by atoms with Gasteiger partial charge in [0.2, 0.25) is 23.5 Å². The summed E-state index contributed by atoms with van der Waals surface area (Å²) in [6.07, 6.45) is 5.03. The third kappa shape index (κ3) is 11.8. The fourth-order valence-corrected chi connectivity index (χ4v) is 5.03. The van der Waals surface area contributed by atoms with Crippen LogP contribution < -0.4 is 26.6 Å². The quantitative estimate of drug-likeness (QED) is 0.150. The first-order chi connectivity index (χ1) is 22.7. The molecule has 1 aromatic heterocycles. The summed E-state index contributed by atoms with van der Waals surface area (Å²) in [5, 5.41) is 13.6. The molecule has 1 heterocycles. The van der Waals surface area contributed by atoms with Gasteiger partial charge in [0, 0.05) is 12.4 Å². The molecule has 0 saturated heterocycles. The Morgan fingerprint density at radius 1 is 0.667 bits per heavy atom. The molecule has 13 nitrogen and oxygen atoms in total. The third-order valence-corrected chi connectivity index (χ3v) is 7.80. The summed E-state index contributed by atoms with van der Waals surface area (Å²) in [4.78, 5) is 87.2. The van der Waals surface area contributed by atoms with E-state index in [-0.39, 0.29) is 42.3 Å². The number of aromatic nitrogens is 2. The van der Waals surface area contributed by atoms with Gasteiger partial charge in [0.25, 0.3) is 11.8 Å². The number of rotatable bonds is 18. The Balaban J connectivity index is 2.15. The Hall–Kier alpha value is -4.68. The van der Waals surface area contributed by atoms with E-state index in [4.69, 9.17) is 0 Å². The molecule has 0 spiro atoms. The Kier molecular flexibility index (Phi) is 15.8. The molecule has 13 heteroatoms. The number of hydrogen-bond donors (Lipinski definition) is 5. The second-order valence-corrected chi connectivity index (χ2v) is 12.9. The molecular formula is C35H51N7O6. The monoisotopic (exact) mass is 665 g/mol. The number of benzene rings is 1. The normalized spacial score (nSPS) is 14.3. The zero-order valence-corrected chi connectivity index (χ0v) is 29.2. The minimum atomic E-state index is -1.11. The highest BCUT2D eigenvalue weighted by Gasteiger charge is 2.34. The molecule has 0 aliphatic heterocycles. The van der Waals surface area contributed by atoms with Crippen molar-refractivity contribution in [1.29, 1.82) is 0 Å². The average Bonchev–Trinajstić information content (AvgIpc) is 3.06. The first-order valence-corrected chi connectivity index (χ1v) is 16.6. The van der Waals surface area contributed by atoms with Gasteiger partial charge >= 0.3 is 0 Å². The molecule has 2 aromatic rings. The highest BCUT2D eigenvalue weighted by Crippen LogP contribution is 2.16. The number of amides is 5. The van der Waals surface area contributed by atoms with Crippen molar-refractivity contribution in [2.24, 2.45) is 17.8 Å². The first kappa shape index (κ1) is 39.5. The molecule has 1 aromatic carbocycles. The molecule has 5 N–H and O–H groups in total. The van der Waals surface area contributed by atoms with E-state index < -0.39 is 59.5 Å². The summed E-state index contributed by atoms with van der Waals surface area (Å²) in [6, 6.07) is 4.72. The van der Waals surface area contributed by atoms with Crippen LogP contribution in [0.5, 0.6) is 0 Å². The maximum atomic E-state index is 13.6. The number of Topliss-reactive ketones (excluding diaryl/α,β-unsaturated/α-hetero) is 1. The first-order valence-electron chi connectivity index (χ1n) is 16.6. The van der Waals surface area contributed by atoms with Gasteiger partial charge in [0.05, 0.1) is 18.3 Å². The molecule has 0 aliphatic rings. The van der Waals surface area contributed by atoms with Gasteiger partial charge in [-0.2, -0.15) is 0 Å². The maximum Gasteiger partial charge on any atom is 0.290 e. The van der Waals surface area contributed by atoms with Crippen molar-refractivity contribution in [3.05, 3.63) is 60.2 Å². The van der Waals surface area contributed by atoms with E-state index in [9.17, 15) is 28.8 Å². The number of nitrogens with zero attached hydrogens (tertiary/aromatic N) is 2. The predicted octanol–water partition coefficient (Wildman–Crippen LogP) is 2.63. The van der Waals surface area contributed by atoms with Crippen molar-refractivity contribution in [3.63, 3.8) is 0 Å². The molecule has 262 valence electrons. The van der Waals surface area contributed by atoms with Gasteiger partial charge in [-0.25, -0.2) is 4.98 Å². The molecule has 0 radical (unpaired) electrons. The summed E-state index contributed by atoms with van der Waals surface area (Å²) in [5.74, 6) is -4.73. The lowest BCUT2D eigenvalue weighted by Crippen LogP contribution is -2.60. The molecular weight excluding hydrogens is 614 g/mol. The largest absolute Gasteiger partial charge is 0.344 e. The standard InChI is InChI=1S/C35H51N7O6/c1-9-24(23-14-12-11-13-15-23)38-35(48)30(43)25(10-2)39-31(44)26(18-20(3)4)40-33(46)28(21(5)6)42-34(47)29(22(7)8)41-32(45)27-19-36-16-17-37-27/h11-17,19-22,24-26,28-29H,9-10,18H2,1-8H3,(H,38,48)(H,39,44)(H,40,46)(H,41,45)(H,42,47)/t24-,25+,26+,28+,29+/m1/s1. The topological polar surface area (TPSA) is 188 Å². The molecule has 0 saturated carbocycles. The lowest BCUT2D eigenvalue weighted by atomic mass is 9.97. The fourth-order valence-electron chi connectivity index (χ4n) is 5.03. The van der Waals surface area contributed by atoms with Crippen molar-refractivity contribution in [3.8, 4) is 0 Å². The molecule has 0 aliphatic carbocycles. The second kappa shape index (κ2) is 19.2. The van der Waals surface area contributed by atoms with Crippen LogP contribution in [0, 0.1) is 17.8 Å². The van der Waals surface area contributed by atoms with Crippen molar-refractivity contribution < 1.29 is 28.8 Å². The van der Waals surface area contributed by atoms with Crippen molar-refractivity contribution in [2.45, 2.75) is 105 Å². The highest BCUT2D eigenvalue weighted by atomic mass is 16.2. The molecule has 2 rings (SSSR count). The number of ketones is 1. The number of carbonyl (C=O) groups excluding carboxylic acids is 6. The van der Waals surface area contributed by atoms with Crippen LogP contribution in [-0.2, 0) is 24.0 Å². The lowest BCUT2D eigenvalue weighted by molar-refractivity contribution is -0.141. The third-order valence-electron chi connectivity index (χ3n) is 7.80. The second-order valence-electron chi connectivity index (χ2n) is 12.9. The Morgan fingerprint density at radius 3 is 1.77 bits per heavy atom. The molecule has 0 fully saturated rings. The van der Waals surface area contributed by atoms with Gasteiger partial charge in [-0.15, -0.1) is 0 Å². The highest BCUT2D eigenvalue weighted by molar-refractivity contribution is 6.38. The molecule has 0 unspecified atom stereocenters. The molecule has 5 atom stereocenters. The number of hydrogen-bond acceptors (Lipinski definition) is 8. The molecule has 0 bridgehead atoms. The summed E-state index contributed by atoms with van der Waals surface area (Å²) in [5.41, 5.74) is 0.900. The lowest BCUT2D eigenvalue weighted by Gasteiger charge is -2.29. The minimum absolute atomic E-state index is 0.0231. The number of nitrogens with one attached hydrogen (secondary N) is 5. The predicted molar refractivity (Wildman–Crippen MR) is 181 cm³/mol. The Bertz CT molecular complexity index is 1380. The van der Waals surface area contributed by atoms with Gasteiger partial charge in [0.1, 0.15) is 23.8 Å². The van der Waals surface area contributed by atoms with E-state index >= 15 is 0 Å². The smallest absolute Gasteiger partial charge is 0.290 e. The molecule has 5 amide bonds. The van der Waals surface area contributed by atoms with Gasteiger partial charge in [-0.3, -0.25) is 33.8 Å². The van der Waals surface area contributed by atoms with Crippen LogP contribution in [0.15, 0.2) is 48.9 Å². The summed E-state index contributed by atoms with van der Waals surface area (Å²) in [6.45, 7) is 14.3. The van der Waals surface area contributed by atoms with Crippen LogP contribution in [0.2, 0.25) is 0 Å². The van der Waals surface area contributed by atoms with Crippen LogP contribution in [-0.4, -0.2) is 69.5 Å². The van der Waals surface area contributed by atoms with Crippen molar-refractivity contribution in [2.75, 3.05) is 0 Å². The van der Waals surface area contributed by atoms with Crippen LogP contribution >= 0.6 is 0 Å². The Morgan fingerprint density at radius 2 is 1.25 bits per heavy atom. The summed E-state index contributed by atoms with van der Waals surface area (Å²) in [7, 11) is 0. The van der Waals surface area contributed by atoms with E-state index in [2.05, 4.69) is 36.6 Å². The zero-order valence-electron chi connectivity index (χ0n) is 29.2. The van der Waals surface area contributed by atoms with E-state index in [0.29, 0.717) is 6.42 Å². The van der Waals surface area contributed by atoms with Crippen molar-refractivity contribution in [1.82, 2.24) is 36.6 Å². The van der Waals surface area contributed by atoms with E-state index in [0.717, 1.165) is 5.56 Å². The van der Waals surface area contributed by atoms with Gasteiger partial charge < -0.3 is 26.6 Å². The van der Waals surface area contributed by atoms with Crippen LogP contribution in [0.3, 0.4) is 0 Å². The summed E-state index contributed by atoms with van der Waals surface area (Å²) < 4.78 is 0. The Labute approximate surface area is 283 Å². The van der Waals surface area contributed by atoms with Crippen LogP contribution in [0.1, 0.15) is 96.7 Å². The van der Waals surface area contributed by atoms with E-state index in [1.54, 1.807) is 34.6 Å². The fraction of sp³-hybridized carbons (Fsp3) is 0.543. The minimum Gasteiger partial charge on any atom is -0.344 e. The van der Waals surface area contributed by atoms with Gasteiger partial charge in [-0.05, 0) is 42.6 Å². The average molecular weight is 666 g/mol. The number of carbonyl (C=O) groups is 6. The van der Waals surface area contributed by atoms with Crippen molar-refractivity contribution >= 4 is 35.3 Å². The zero-order chi connectivity index (χ0) is 36.0. The van der Waals surface area contributed by atoms with E-state index in [1.165, 1.54) is 18.6 Å². The van der Waals surface area contributed by atoms with Crippen LogP contribution in [0.4, 0.5) is 0 Å². The maximum absolute atomic E-state index is 13.6. The van der Waals surface area contributed by atoms with E-state index in [1.807, 2.05) is 51.1 Å². The summed E-state index contributed by atoms with van der Waals surface area (Å²) >= 11 is 0. The van der Waals surface area contributed by atoms with Gasteiger partial charge in [0.15, 0.2) is 0 Å². The molecule has 48 heavy (non-hydrogen) atoms. The SMILES string of the molecule is CC[C@H](NC(=O)[C@H](CC(C)C)NC(=O)[C@@H](NC(=O)[C@@H](NC(=O)c1cnccn1)C(C)C)C(C)C)C(=O)C(=O)N[C@H](CC)c1ccccc1. The van der Waals surface area contributed by atoms with Gasteiger partial charge in [-0.1, -0.05) is 85.7 Å². The van der Waals surface area contributed by atoms with Crippen LogP contribution in [0.25, 0.3) is 0 Å².